The van der Waals surface area contributed by atoms with E-state index in [1.807, 2.05) is 26.0 Å². The first-order valence-corrected chi connectivity index (χ1v) is 14.2. The second-order valence-electron chi connectivity index (χ2n) is 10.9. The minimum Gasteiger partial charge on any atom is -0.396 e. The lowest BCUT2D eigenvalue weighted by Crippen LogP contribution is -2.56. The van der Waals surface area contributed by atoms with Crippen LogP contribution in [0.3, 0.4) is 0 Å². The number of fused-ring (bicyclic) bond motifs is 1. The fraction of sp³-hybridized carbons (Fsp3) is 0.567. The van der Waals surface area contributed by atoms with Crippen molar-refractivity contribution in [3.8, 4) is 0 Å². The molecule has 2 bridgehead atoms. The van der Waals surface area contributed by atoms with Crippen molar-refractivity contribution in [1.82, 2.24) is 9.80 Å². The average molecular weight is 558 g/mol. The first-order valence-electron chi connectivity index (χ1n) is 13.8. The van der Waals surface area contributed by atoms with Crippen molar-refractivity contribution in [3.63, 3.8) is 0 Å². The number of carbonyl (C=O) groups is 3. The fourth-order valence-electron chi connectivity index (χ4n) is 7.06. The number of aliphatic hydroxyl groups excluding tert-OH is 1. The summed E-state index contributed by atoms with van der Waals surface area (Å²) >= 11 is 6.61. The maximum atomic E-state index is 14.6. The zero-order valence-electron chi connectivity index (χ0n) is 23.2. The van der Waals surface area contributed by atoms with Gasteiger partial charge in [-0.15, -0.1) is 13.2 Å². The minimum absolute atomic E-state index is 0.0144. The van der Waals surface area contributed by atoms with Gasteiger partial charge in [0.05, 0.1) is 28.1 Å². The molecule has 1 aromatic rings. The molecule has 212 valence electrons. The third-order valence-corrected chi connectivity index (χ3v) is 9.11. The highest BCUT2D eigenvalue weighted by Crippen LogP contribution is 2.64. The van der Waals surface area contributed by atoms with E-state index in [2.05, 4.69) is 13.2 Å². The summed E-state index contributed by atoms with van der Waals surface area (Å²) < 4.78 is 6.86. The van der Waals surface area contributed by atoms with Crippen LogP contribution in [0.25, 0.3) is 0 Å². The highest BCUT2D eigenvalue weighted by molar-refractivity contribution is 6.34. The normalized spacial score (nSPS) is 28.9. The molecule has 0 radical (unpaired) electrons. The van der Waals surface area contributed by atoms with Gasteiger partial charge in [-0.25, -0.2) is 0 Å². The smallest absolute Gasteiger partial charge is 0.253 e. The topological polar surface area (TPSA) is 90.4 Å². The summed E-state index contributed by atoms with van der Waals surface area (Å²) in [7, 11) is 1.71. The number of aliphatic hydroxyl groups is 1. The van der Waals surface area contributed by atoms with Crippen LogP contribution in [0.15, 0.2) is 43.5 Å². The lowest BCUT2D eigenvalue weighted by molar-refractivity contribution is -0.150. The Labute approximate surface area is 236 Å². The highest BCUT2D eigenvalue weighted by Gasteiger charge is 2.79. The van der Waals surface area contributed by atoms with E-state index in [4.69, 9.17) is 16.3 Å². The van der Waals surface area contributed by atoms with Gasteiger partial charge in [0, 0.05) is 33.3 Å². The minimum atomic E-state index is -1.13. The van der Waals surface area contributed by atoms with Crippen LogP contribution in [-0.2, 0) is 19.1 Å². The molecule has 8 nitrogen and oxygen atoms in total. The number of carbonyl (C=O) groups excluding carboxylic acids is 3. The summed E-state index contributed by atoms with van der Waals surface area (Å²) in [5.41, 5.74) is -0.550. The second-order valence-corrected chi connectivity index (χ2v) is 11.4. The molecule has 2 unspecified atom stereocenters. The molecule has 0 aliphatic carbocycles. The van der Waals surface area contributed by atoms with Crippen LogP contribution < -0.4 is 4.90 Å². The monoisotopic (exact) mass is 557 g/mol. The van der Waals surface area contributed by atoms with Crippen molar-refractivity contribution in [2.24, 2.45) is 11.8 Å². The zero-order chi connectivity index (χ0) is 28.5. The number of anilines is 1. The van der Waals surface area contributed by atoms with Gasteiger partial charge in [-0.3, -0.25) is 14.4 Å². The molecule has 1 N–H and O–H groups in total. The van der Waals surface area contributed by atoms with Crippen LogP contribution in [0.2, 0.25) is 5.02 Å². The summed E-state index contributed by atoms with van der Waals surface area (Å²) in [4.78, 5) is 47.5. The first kappa shape index (κ1) is 29.3. The summed E-state index contributed by atoms with van der Waals surface area (Å²) in [5, 5.41) is 9.85. The quantitative estimate of drug-likeness (QED) is 0.312. The predicted molar refractivity (Wildman–Crippen MR) is 151 cm³/mol. The standard InChI is InChI=1S/C30H40ClN3O5/c1-6-16-32(5)26(36)22-23-27(37)34(18-9-10-19-35)25(30(23)15-14-29(22,8-3)39-30)28(38)33(17-7-2)24-20(4)12-11-13-21(24)31/h6-7,11-13,22-23,25,35H,1-2,8-10,14-19H2,3-5H3/t22-,23+,25?,29+,30?/m1/s1. The van der Waals surface area contributed by atoms with Crippen LogP contribution >= 0.6 is 11.6 Å². The van der Waals surface area contributed by atoms with E-state index >= 15 is 0 Å². The molecule has 3 fully saturated rings. The third-order valence-electron chi connectivity index (χ3n) is 8.80. The molecule has 3 heterocycles. The molecule has 1 aromatic carbocycles. The third kappa shape index (κ3) is 4.60. The first-order chi connectivity index (χ1) is 18.6. The average Bonchev–Trinajstić information content (AvgIpc) is 3.51. The van der Waals surface area contributed by atoms with Gasteiger partial charge in [0.1, 0.15) is 11.6 Å². The van der Waals surface area contributed by atoms with Crippen molar-refractivity contribution in [1.29, 1.82) is 0 Å². The van der Waals surface area contributed by atoms with E-state index in [1.165, 1.54) is 0 Å². The SMILES string of the molecule is C=CCN(C)C(=O)[C@H]1[C@H]2C(=O)N(CCCCO)C(C(=O)N(CC=C)c3c(C)cccc3Cl)C23CC[C@]1(CC)O3. The van der Waals surface area contributed by atoms with Crippen LogP contribution in [0.5, 0.6) is 0 Å². The molecule has 39 heavy (non-hydrogen) atoms. The number of para-hydroxylation sites is 1. The molecule has 3 amide bonds. The number of rotatable bonds is 12. The van der Waals surface area contributed by atoms with Crippen molar-refractivity contribution in [2.75, 3.05) is 38.2 Å². The van der Waals surface area contributed by atoms with E-state index in [0.29, 0.717) is 49.4 Å². The molecule has 3 aliphatic rings. The Morgan fingerprint density at radius 2 is 1.92 bits per heavy atom. The van der Waals surface area contributed by atoms with Crippen molar-refractivity contribution >= 4 is 35.0 Å². The van der Waals surface area contributed by atoms with Gasteiger partial charge >= 0.3 is 0 Å². The van der Waals surface area contributed by atoms with Gasteiger partial charge in [-0.2, -0.15) is 0 Å². The number of halogens is 1. The number of benzene rings is 1. The predicted octanol–water partition coefficient (Wildman–Crippen LogP) is 3.74. The maximum Gasteiger partial charge on any atom is 0.253 e. The Bertz CT molecular complexity index is 1140. The summed E-state index contributed by atoms with van der Waals surface area (Å²) in [6.45, 7) is 12.3. The lowest BCUT2D eigenvalue weighted by atomic mass is 9.64. The van der Waals surface area contributed by atoms with Crippen LogP contribution in [-0.4, -0.2) is 83.2 Å². The molecular formula is C30H40ClN3O5. The maximum absolute atomic E-state index is 14.6. The number of hydrogen-bond donors (Lipinski definition) is 1. The molecule has 0 aromatic heterocycles. The van der Waals surface area contributed by atoms with Gasteiger partial charge < -0.3 is 24.5 Å². The van der Waals surface area contributed by atoms with Crippen molar-refractivity contribution in [2.45, 2.75) is 63.2 Å². The molecule has 3 saturated heterocycles. The largest absolute Gasteiger partial charge is 0.396 e. The van der Waals surface area contributed by atoms with Crippen LogP contribution in [0.4, 0.5) is 5.69 Å². The number of likely N-dealkylation sites (N-methyl/N-ethyl adjacent to an activating group) is 1. The van der Waals surface area contributed by atoms with Gasteiger partial charge in [0.15, 0.2) is 0 Å². The van der Waals surface area contributed by atoms with Gasteiger partial charge in [0.2, 0.25) is 11.8 Å². The Morgan fingerprint density at radius 3 is 2.54 bits per heavy atom. The Balaban J connectivity index is 1.84. The number of aryl methyl sites for hydroxylation is 1. The van der Waals surface area contributed by atoms with Crippen LogP contribution in [0.1, 0.15) is 44.6 Å². The van der Waals surface area contributed by atoms with E-state index in [-0.39, 0.29) is 37.4 Å². The summed E-state index contributed by atoms with van der Waals surface area (Å²) in [5.74, 6) is -2.16. The van der Waals surface area contributed by atoms with Crippen molar-refractivity contribution < 1.29 is 24.2 Å². The van der Waals surface area contributed by atoms with E-state index in [1.54, 1.807) is 40.0 Å². The number of hydrogen-bond acceptors (Lipinski definition) is 5. The Hall–Kier alpha value is -2.68. The number of likely N-dealkylation sites (tertiary alicyclic amines) is 1. The molecule has 0 saturated carbocycles. The summed E-state index contributed by atoms with van der Waals surface area (Å²) in [6, 6.07) is 4.52. The van der Waals surface area contributed by atoms with E-state index < -0.39 is 29.1 Å². The van der Waals surface area contributed by atoms with E-state index in [0.717, 1.165) is 5.56 Å². The second kappa shape index (κ2) is 11.4. The molecule has 5 atom stereocenters. The number of nitrogens with zero attached hydrogens (tertiary/aromatic N) is 3. The number of ether oxygens (including phenoxy) is 1. The summed E-state index contributed by atoms with van der Waals surface area (Å²) in [6.07, 6.45) is 5.96. The fourth-order valence-corrected chi connectivity index (χ4v) is 7.39. The molecule has 3 aliphatic heterocycles. The molecule has 1 spiro atoms. The number of unbranched alkanes of at least 4 members (excludes halogenated alkanes) is 1. The highest BCUT2D eigenvalue weighted by atomic mass is 35.5. The van der Waals surface area contributed by atoms with Crippen LogP contribution in [0, 0.1) is 18.8 Å². The molecule has 9 heteroatoms. The van der Waals surface area contributed by atoms with Gasteiger partial charge in [-0.05, 0) is 50.7 Å². The van der Waals surface area contributed by atoms with E-state index in [9.17, 15) is 19.5 Å². The van der Waals surface area contributed by atoms with Gasteiger partial charge in [-0.1, -0.05) is 42.8 Å². The molecule has 4 rings (SSSR count). The van der Waals surface area contributed by atoms with Crippen molar-refractivity contribution in [3.05, 3.63) is 54.1 Å². The lowest BCUT2D eigenvalue weighted by Gasteiger charge is -2.37. The Morgan fingerprint density at radius 1 is 1.21 bits per heavy atom. The number of amides is 3. The van der Waals surface area contributed by atoms with Gasteiger partial charge in [0.25, 0.3) is 5.91 Å². The Kier molecular flexibility index (Phi) is 8.59. The molecular weight excluding hydrogens is 518 g/mol. The zero-order valence-corrected chi connectivity index (χ0v) is 24.0.